The summed E-state index contributed by atoms with van der Waals surface area (Å²) in [7, 11) is 0. The molecule has 2 aliphatic rings. The number of carbonyl (C=O) groups is 1. The number of hydrogen-bond donors (Lipinski definition) is 1. The number of ketones is 1. The fraction of sp³-hybridized carbons (Fsp3) is 0.238. The largest absolute Gasteiger partial charge is 0.292 e. The van der Waals surface area contributed by atoms with E-state index in [0.29, 0.717) is 12.1 Å². The van der Waals surface area contributed by atoms with Crippen molar-refractivity contribution in [2.24, 2.45) is 5.92 Å². The van der Waals surface area contributed by atoms with E-state index in [1.165, 1.54) is 0 Å². The van der Waals surface area contributed by atoms with Gasteiger partial charge in [-0.3, -0.25) is 9.89 Å². The number of hydrogen-bond acceptors (Lipinski definition) is 4. The van der Waals surface area contributed by atoms with Gasteiger partial charge in [-0.1, -0.05) is 42.5 Å². The molecule has 1 N–H and O–H groups in total. The summed E-state index contributed by atoms with van der Waals surface area (Å²) in [6.07, 6.45) is 10.2. The lowest BCUT2D eigenvalue weighted by Crippen LogP contribution is -2.31. The number of rotatable bonds is 4. The quantitative estimate of drug-likeness (QED) is 0.738. The van der Waals surface area contributed by atoms with Gasteiger partial charge in [0, 0.05) is 29.8 Å². The summed E-state index contributed by atoms with van der Waals surface area (Å²) >= 11 is 0. The highest BCUT2D eigenvalue weighted by Gasteiger charge is 2.40. The molecule has 3 aromatic rings. The van der Waals surface area contributed by atoms with E-state index in [1.54, 1.807) is 12.5 Å². The molecule has 5 nitrogen and oxygen atoms in total. The van der Waals surface area contributed by atoms with Gasteiger partial charge in [-0.2, -0.15) is 5.10 Å². The molecule has 1 fully saturated rings. The molecule has 0 bridgehead atoms. The highest BCUT2D eigenvalue weighted by atomic mass is 16.1. The fourth-order valence-corrected chi connectivity index (χ4v) is 3.80. The summed E-state index contributed by atoms with van der Waals surface area (Å²) in [5, 5.41) is 7.47. The van der Waals surface area contributed by atoms with E-state index < -0.39 is 5.41 Å². The minimum absolute atomic E-state index is 0.165. The second-order valence-corrected chi connectivity index (χ2v) is 7.05. The van der Waals surface area contributed by atoms with Gasteiger partial charge in [-0.05, 0) is 24.5 Å². The first kappa shape index (κ1) is 15.2. The van der Waals surface area contributed by atoms with Crippen molar-refractivity contribution in [3.05, 3.63) is 83.2 Å². The Morgan fingerprint density at radius 1 is 1.15 bits per heavy atom. The molecule has 1 atom stereocenters. The van der Waals surface area contributed by atoms with Crippen molar-refractivity contribution in [2.75, 3.05) is 0 Å². The fourth-order valence-electron chi connectivity index (χ4n) is 3.80. The third-order valence-electron chi connectivity index (χ3n) is 5.38. The lowest BCUT2D eigenvalue weighted by molar-refractivity contribution is 0.0962. The van der Waals surface area contributed by atoms with Crippen molar-refractivity contribution in [1.82, 2.24) is 20.2 Å². The summed E-state index contributed by atoms with van der Waals surface area (Å²) in [5.74, 6) is 0.333. The van der Waals surface area contributed by atoms with E-state index in [2.05, 4.69) is 38.4 Å². The van der Waals surface area contributed by atoms with Crippen LogP contribution in [0, 0.1) is 5.92 Å². The number of H-pyrrole nitrogens is 1. The zero-order chi connectivity index (χ0) is 17.6. The lowest BCUT2D eigenvalue weighted by Gasteiger charge is -2.33. The molecule has 2 heterocycles. The van der Waals surface area contributed by atoms with Crippen LogP contribution in [-0.4, -0.2) is 25.9 Å². The van der Waals surface area contributed by atoms with E-state index >= 15 is 0 Å². The predicted octanol–water partition coefficient (Wildman–Crippen LogP) is 3.35. The average molecular weight is 342 g/mol. The van der Waals surface area contributed by atoms with Crippen LogP contribution >= 0.6 is 0 Å². The van der Waals surface area contributed by atoms with Crippen LogP contribution in [0.1, 0.15) is 45.8 Å². The number of nitrogens with one attached hydrogen (secondary N) is 1. The zero-order valence-corrected chi connectivity index (χ0v) is 14.2. The van der Waals surface area contributed by atoms with Crippen molar-refractivity contribution < 1.29 is 4.79 Å². The summed E-state index contributed by atoms with van der Waals surface area (Å²) in [6, 6.07) is 12.3. The molecule has 0 spiro atoms. The summed E-state index contributed by atoms with van der Waals surface area (Å²) in [5.41, 5.74) is 4.20. The van der Waals surface area contributed by atoms with Crippen molar-refractivity contribution in [1.29, 1.82) is 0 Å². The summed E-state index contributed by atoms with van der Waals surface area (Å²) in [6.45, 7) is 0. The highest BCUT2D eigenvalue weighted by molar-refractivity contribution is 6.01. The third-order valence-corrected chi connectivity index (χ3v) is 5.38. The summed E-state index contributed by atoms with van der Waals surface area (Å²) in [4.78, 5) is 21.1. The highest BCUT2D eigenvalue weighted by Crippen LogP contribution is 2.42. The van der Waals surface area contributed by atoms with Crippen LogP contribution in [-0.2, 0) is 11.8 Å². The second-order valence-electron chi connectivity index (χ2n) is 7.05. The normalized spacial score (nSPS) is 21.4. The van der Waals surface area contributed by atoms with E-state index in [4.69, 9.17) is 0 Å². The first-order chi connectivity index (χ1) is 12.8. The number of allylic oxidation sites excluding steroid dienone is 1. The minimum Gasteiger partial charge on any atom is -0.292 e. The molecule has 2 aliphatic carbocycles. The Bertz CT molecular complexity index is 948. The van der Waals surface area contributed by atoms with Gasteiger partial charge in [0.15, 0.2) is 5.78 Å². The Balaban J connectivity index is 1.63. The Morgan fingerprint density at radius 3 is 2.73 bits per heavy atom. The van der Waals surface area contributed by atoms with Crippen LogP contribution < -0.4 is 0 Å². The van der Waals surface area contributed by atoms with Crippen molar-refractivity contribution in [3.63, 3.8) is 0 Å². The molecule has 0 saturated heterocycles. The number of fused-ring (bicyclic) bond motifs is 1. The topological polar surface area (TPSA) is 71.5 Å². The molecular weight excluding hydrogens is 324 g/mol. The van der Waals surface area contributed by atoms with Gasteiger partial charge < -0.3 is 0 Å². The summed E-state index contributed by atoms with van der Waals surface area (Å²) < 4.78 is 0. The molecule has 2 aromatic heterocycles. The van der Waals surface area contributed by atoms with Crippen LogP contribution in [0.5, 0.6) is 0 Å². The van der Waals surface area contributed by atoms with Crippen LogP contribution in [0.15, 0.2) is 55.0 Å². The molecule has 1 saturated carbocycles. The molecule has 128 valence electrons. The van der Waals surface area contributed by atoms with Gasteiger partial charge in [0.25, 0.3) is 0 Å². The molecule has 5 heteroatoms. The first-order valence-corrected chi connectivity index (χ1v) is 8.91. The van der Waals surface area contributed by atoms with Crippen molar-refractivity contribution >= 4 is 11.9 Å². The van der Waals surface area contributed by atoms with Crippen molar-refractivity contribution in [3.8, 4) is 0 Å². The van der Waals surface area contributed by atoms with Crippen LogP contribution in [0.3, 0.4) is 0 Å². The molecule has 0 radical (unpaired) electrons. The number of aromatic nitrogens is 4. The molecule has 0 amide bonds. The van der Waals surface area contributed by atoms with Gasteiger partial charge >= 0.3 is 0 Å². The van der Waals surface area contributed by atoms with E-state index in [0.717, 1.165) is 35.4 Å². The first-order valence-electron chi connectivity index (χ1n) is 8.91. The number of Topliss-reactive ketones (excluding diaryl/α,β-unsaturated/α-hetero) is 1. The van der Waals surface area contributed by atoms with Gasteiger partial charge in [-0.15, -0.1) is 0 Å². The minimum atomic E-state index is -0.399. The van der Waals surface area contributed by atoms with E-state index in [1.807, 2.05) is 30.3 Å². The van der Waals surface area contributed by atoms with Gasteiger partial charge in [0.2, 0.25) is 0 Å². The van der Waals surface area contributed by atoms with Crippen LogP contribution in [0.25, 0.3) is 6.08 Å². The third kappa shape index (κ3) is 2.31. The standard InChI is InChI=1S/C21H18N4O/c26-20(14-6-7-14)19-16-8-10-21(12-17(16)24-25-19,15-4-2-1-3-5-15)18-9-11-22-13-23-18/h1-5,8-11,13-14H,6-7,12H2,(H,24,25). The maximum absolute atomic E-state index is 12.5. The molecule has 5 rings (SSSR count). The number of carbonyl (C=O) groups excluding carboxylic acids is 1. The SMILES string of the molecule is O=C(c1n[nH]c2c1C=CC(c1ccccc1)(c1ccncn1)C2)C1CC1. The van der Waals surface area contributed by atoms with Crippen molar-refractivity contribution in [2.45, 2.75) is 24.7 Å². The number of benzene rings is 1. The van der Waals surface area contributed by atoms with E-state index in [9.17, 15) is 4.79 Å². The zero-order valence-electron chi connectivity index (χ0n) is 14.2. The molecule has 1 aromatic carbocycles. The average Bonchev–Trinajstić information content (AvgIpc) is 3.48. The Hall–Kier alpha value is -3.08. The predicted molar refractivity (Wildman–Crippen MR) is 97.6 cm³/mol. The smallest absolute Gasteiger partial charge is 0.186 e. The Labute approximate surface area is 151 Å². The molecular formula is C21H18N4O. The molecule has 1 unspecified atom stereocenters. The maximum Gasteiger partial charge on any atom is 0.186 e. The Morgan fingerprint density at radius 2 is 2.00 bits per heavy atom. The molecule has 0 aliphatic heterocycles. The number of nitrogens with zero attached hydrogens (tertiary/aromatic N) is 3. The van der Waals surface area contributed by atoms with E-state index in [-0.39, 0.29) is 11.7 Å². The van der Waals surface area contributed by atoms with Gasteiger partial charge in [0.05, 0.1) is 11.1 Å². The maximum atomic E-state index is 12.5. The van der Waals surface area contributed by atoms with Gasteiger partial charge in [-0.25, -0.2) is 9.97 Å². The van der Waals surface area contributed by atoms with Gasteiger partial charge in [0.1, 0.15) is 12.0 Å². The molecule has 26 heavy (non-hydrogen) atoms. The number of aromatic amines is 1. The monoisotopic (exact) mass is 342 g/mol. The van der Waals surface area contributed by atoms with Crippen LogP contribution in [0.4, 0.5) is 0 Å². The lowest BCUT2D eigenvalue weighted by atomic mass is 9.70. The van der Waals surface area contributed by atoms with Crippen LogP contribution in [0.2, 0.25) is 0 Å². The Kier molecular flexibility index (Phi) is 3.35. The second kappa shape index (κ2) is 5.73.